The van der Waals surface area contributed by atoms with Gasteiger partial charge in [0.1, 0.15) is 0 Å². The standard InChI is InChI=1S/C19H29ClN2O3/c1-14-8-17(4-5-18(14)20)19(24)22-11-15(9-16(12-22)13-23)10-21(2)6-7-25-3/h4-5,8,15-16,23H,6-7,9-13H2,1-3H3/t15-,16+/m0/s1. The van der Waals surface area contributed by atoms with Crippen molar-refractivity contribution >= 4 is 17.5 Å². The number of aryl methyl sites for hydroxylation is 1. The third kappa shape index (κ3) is 5.68. The number of aliphatic hydroxyl groups excluding tert-OH is 1. The third-order valence-electron chi connectivity index (χ3n) is 4.82. The summed E-state index contributed by atoms with van der Waals surface area (Å²) in [7, 11) is 3.76. The number of hydrogen-bond acceptors (Lipinski definition) is 4. The molecule has 0 unspecified atom stereocenters. The van der Waals surface area contributed by atoms with Crippen molar-refractivity contribution < 1.29 is 14.6 Å². The molecule has 1 aromatic carbocycles. The zero-order chi connectivity index (χ0) is 18.4. The molecule has 2 rings (SSSR count). The van der Waals surface area contributed by atoms with Crippen LogP contribution in [0.15, 0.2) is 18.2 Å². The second-order valence-corrected chi connectivity index (χ2v) is 7.49. The summed E-state index contributed by atoms with van der Waals surface area (Å²) in [4.78, 5) is 17.0. The Morgan fingerprint density at radius 1 is 1.40 bits per heavy atom. The molecule has 0 aliphatic carbocycles. The number of aliphatic hydroxyl groups is 1. The number of likely N-dealkylation sites (N-methyl/N-ethyl adjacent to an activating group) is 1. The molecule has 1 aromatic rings. The largest absolute Gasteiger partial charge is 0.396 e. The Bertz CT molecular complexity index is 582. The molecule has 140 valence electrons. The SMILES string of the molecule is COCCN(C)C[C@@H]1C[C@@H](CO)CN(C(=O)c2ccc(Cl)c(C)c2)C1. The van der Waals surface area contributed by atoms with Crippen LogP contribution in [0.4, 0.5) is 0 Å². The third-order valence-corrected chi connectivity index (χ3v) is 5.25. The van der Waals surface area contributed by atoms with Crippen LogP contribution >= 0.6 is 11.6 Å². The number of carbonyl (C=O) groups excluding carboxylic acids is 1. The number of rotatable bonds is 7. The van der Waals surface area contributed by atoms with Crippen LogP contribution in [0.5, 0.6) is 0 Å². The van der Waals surface area contributed by atoms with Crippen LogP contribution in [-0.4, -0.2) is 74.4 Å². The predicted octanol–water partition coefficient (Wildman–Crippen LogP) is 2.30. The second kappa shape index (κ2) is 9.53. The van der Waals surface area contributed by atoms with E-state index in [9.17, 15) is 9.90 Å². The van der Waals surface area contributed by atoms with Gasteiger partial charge in [-0.3, -0.25) is 4.79 Å². The number of methoxy groups -OCH3 is 1. The number of ether oxygens (including phenoxy) is 1. The van der Waals surface area contributed by atoms with Gasteiger partial charge in [0.15, 0.2) is 0 Å². The average Bonchev–Trinajstić information content (AvgIpc) is 2.61. The van der Waals surface area contributed by atoms with E-state index in [0.29, 0.717) is 36.2 Å². The summed E-state index contributed by atoms with van der Waals surface area (Å²) in [5.41, 5.74) is 1.56. The van der Waals surface area contributed by atoms with Crippen molar-refractivity contribution in [2.75, 3.05) is 53.6 Å². The van der Waals surface area contributed by atoms with E-state index in [1.54, 1.807) is 19.2 Å². The summed E-state index contributed by atoms with van der Waals surface area (Å²) in [5, 5.41) is 10.3. The van der Waals surface area contributed by atoms with E-state index in [1.807, 2.05) is 17.9 Å². The van der Waals surface area contributed by atoms with Crippen molar-refractivity contribution in [1.82, 2.24) is 9.80 Å². The van der Waals surface area contributed by atoms with Gasteiger partial charge in [0.2, 0.25) is 0 Å². The molecule has 0 saturated carbocycles. The molecule has 1 aliphatic rings. The first kappa shape index (κ1) is 20.2. The van der Waals surface area contributed by atoms with Gasteiger partial charge in [-0.15, -0.1) is 0 Å². The topological polar surface area (TPSA) is 53.0 Å². The van der Waals surface area contributed by atoms with E-state index in [4.69, 9.17) is 16.3 Å². The minimum absolute atomic E-state index is 0.0162. The summed E-state index contributed by atoms with van der Waals surface area (Å²) in [5.74, 6) is 0.500. The van der Waals surface area contributed by atoms with E-state index in [2.05, 4.69) is 11.9 Å². The fourth-order valence-electron chi connectivity index (χ4n) is 3.49. The van der Waals surface area contributed by atoms with Crippen LogP contribution in [0.2, 0.25) is 5.02 Å². The predicted molar refractivity (Wildman–Crippen MR) is 100 cm³/mol. The van der Waals surface area contributed by atoms with E-state index in [0.717, 1.165) is 25.1 Å². The second-order valence-electron chi connectivity index (χ2n) is 7.08. The van der Waals surface area contributed by atoms with Gasteiger partial charge in [0.25, 0.3) is 5.91 Å². The zero-order valence-corrected chi connectivity index (χ0v) is 16.1. The van der Waals surface area contributed by atoms with Crippen molar-refractivity contribution in [2.24, 2.45) is 11.8 Å². The summed E-state index contributed by atoms with van der Waals surface area (Å²) < 4.78 is 5.12. The van der Waals surface area contributed by atoms with Crippen LogP contribution in [0.3, 0.4) is 0 Å². The molecule has 0 spiro atoms. The van der Waals surface area contributed by atoms with Crippen molar-refractivity contribution in [3.05, 3.63) is 34.3 Å². The lowest BCUT2D eigenvalue weighted by molar-refractivity contribution is 0.0451. The number of amides is 1. The van der Waals surface area contributed by atoms with Crippen LogP contribution in [-0.2, 0) is 4.74 Å². The van der Waals surface area contributed by atoms with Gasteiger partial charge in [-0.05, 0) is 56.0 Å². The highest BCUT2D eigenvalue weighted by atomic mass is 35.5. The maximum atomic E-state index is 12.9. The maximum Gasteiger partial charge on any atom is 0.253 e. The number of likely N-dealkylation sites (tertiary alicyclic amines) is 1. The molecule has 1 fully saturated rings. The summed E-state index contributed by atoms with van der Waals surface area (Å²) >= 11 is 6.07. The molecular weight excluding hydrogens is 340 g/mol. The molecule has 0 bridgehead atoms. The van der Waals surface area contributed by atoms with E-state index < -0.39 is 0 Å². The number of hydrogen-bond donors (Lipinski definition) is 1. The molecule has 0 radical (unpaired) electrons. The molecule has 1 saturated heterocycles. The summed E-state index contributed by atoms with van der Waals surface area (Å²) in [6.45, 7) is 5.79. The normalized spacial score (nSPS) is 21.0. The van der Waals surface area contributed by atoms with Crippen molar-refractivity contribution in [3.63, 3.8) is 0 Å². The molecule has 1 aliphatic heterocycles. The van der Waals surface area contributed by atoms with Crippen LogP contribution in [0.25, 0.3) is 0 Å². The Morgan fingerprint density at radius 2 is 2.12 bits per heavy atom. The lowest BCUT2D eigenvalue weighted by atomic mass is 9.88. The smallest absolute Gasteiger partial charge is 0.253 e. The molecule has 0 aromatic heterocycles. The first-order valence-electron chi connectivity index (χ1n) is 8.78. The Hall–Kier alpha value is -1.14. The van der Waals surface area contributed by atoms with Crippen LogP contribution in [0, 0.1) is 18.8 Å². The highest BCUT2D eigenvalue weighted by Crippen LogP contribution is 2.25. The molecule has 2 atom stereocenters. The fourth-order valence-corrected chi connectivity index (χ4v) is 3.61. The molecule has 25 heavy (non-hydrogen) atoms. The zero-order valence-electron chi connectivity index (χ0n) is 15.4. The minimum Gasteiger partial charge on any atom is -0.396 e. The van der Waals surface area contributed by atoms with E-state index >= 15 is 0 Å². The van der Waals surface area contributed by atoms with Gasteiger partial charge in [-0.2, -0.15) is 0 Å². The van der Waals surface area contributed by atoms with Gasteiger partial charge < -0.3 is 19.6 Å². The van der Waals surface area contributed by atoms with Crippen molar-refractivity contribution in [3.8, 4) is 0 Å². The Morgan fingerprint density at radius 3 is 2.76 bits per heavy atom. The molecule has 1 N–H and O–H groups in total. The highest BCUT2D eigenvalue weighted by Gasteiger charge is 2.30. The maximum absolute atomic E-state index is 12.9. The van der Waals surface area contributed by atoms with Gasteiger partial charge in [-0.25, -0.2) is 0 Å². The van der Waals surface area contributed by atoms with Gasteiger partial charge in [0.05, 0.1) is 6.61 Å². The monoisotopic (exact) mass is 368 g/mol. The highest BCUT2D eigenvalue weighted by molar-refractivity contribution is 6.31. The summed E-state index contributed by atoms with van der Waals surface area (Å²) in [6.07, 6.45) is 0.942. The van der Waals surface area contributed by atoms with E-state index in [-0.39, 0.29) is 18.4 Å². The quantitative estimate of drug-likeness (QED) is 0.802. The Kier molecular flexibility index (Phi) is 7.69. The van der Waals surface area contributed by atoms with Gasteiger partial charge >= 0.3 is 0 Å². The first-order valence-corrected chi connectivity index (χ1v) is 9.16. The van der Waals surface area contributed by atoms with Crippen LogP contribution < -0.4 is 0 Å². The Balaban J connectivity index is 2.05. The van der Waals surface area contributed by atoms with E-state index in [1.165, 1.54) is 0 Å². The van der Waals surface area contributed by atoms with Crippen molar-refractivity contribution in [2.45, 2.75) is 13.3 Å². The number of nitrogens with zero attached hydrogens (tertiary/aromatic N) is 2. The molecule has 5 nitrogen and oxygen atoms in total. The van der Waals surface area contributed by atoms with Gasteiger partial charge in [0, 0.05) is 50.5 Å². The van der Waals surface area contributed by atoms with Crippen molar-refractivity contribution in [1.29, 1.82) is 0 Å². The summed E-state index contributed by atoms with van der Waals surface area (Å²) in [6, 6.07) is 5.39. The lowest BCUT2D eigenvalue weighted by Crippen LogP contribution is -2.47. The average molecular weight is 369 g/mol. The molecule has 6 heteroatoms. The molecular formula is C19H29ClN2O3. The first-order chi connectivity index (χ1) is 11.9. The van der Waals surface area contributed by atoms with Crippen LogP contribution in [0.1, 0.15) is 22.3 Å². The fraction of sp³-hybridized carbons (Fsp3) is 0.632. The molecule has 1 heterocycles. The molecule has 1 amide bonds. The number of piperidine rings is 1. The number of benzene rings is 1. The number of halogens is 1. The Labute approximate surface area is 155 Å². The van der Waals surface area contributed by atoms with Gasteiger partial charge in [-0.1, -0.05) is 11.6 Å². The number of carbonyl (C=O) groups is 1. The lowest BCUT2D eigenvalue weighted by Gasteiger charge is -2.38. The minimum atomic E-state index is 0.0162.